The largest absolute Gasteiger partial charge is 0.274 e. The van der Waals surface area contributed by atoms with E-state index in [9.17, 15) is 9.59 Å². The molecular weight excluding hydrogens is 398 g/mol. The van der Waals surface area contributed by atoms with Crippen LogP contribution >= 0.6 is 31.9 Å². The number of fused-ring (bicyclic) bond motifs is 1. The molecule has 0 aliphatic carbocycles. The van der Waals surface area contributed by atoms with Gasteiger partial charge in [0.1, 0.15) is 0 Å². The smallest absolute Gasteiger partial charge is 0.262 e. The number of benzene rings is 1. The van der Waals surface area contributed by atoms with E-state index in [1.54, 1.807) is 12.1 Å². The van der Waals surface area contributed by atoms with E-state index in [1.807, 2.05) is 0 Å². The van der Waals surface area contributed by atoms with E-state index in [2.05, 4.69) is 45.7 Å². The quantitative estimate of drug-likeness (QED) is 0.610. The van der Waals surface area contributed by atoms with Gasteiger partial charge in [0.05, 0.1) is 11.1 Å². The first kappa shape index (κ1) is 16.7. The second-order valence-electron chi connectivity index (χ2n) is 5.42. The Morgan fingerprint density at radius 2 is 1.57 bits per heavy atom. The third-order valence-corrected chi connectivity index (χ3v) is 5.33. The van der Waals surface area contributed by atoms with Crippen molar-refractivity contribution >= 4 is 43.7 Å². The summed E-state index contributed by atoms with van der Waals surface area (Å²) >= 11 is 6.76. The first-order valence-corrected chi connectivity index (χ1v) is 8.94. The minimum Gasteiger partial charge on any atom is -0.274 e. The maximum Gasteiger partial charge on any atom is 0.262 e. The zero-order valence-electron chi connectivity index (χ0n) is 12.3. The molecule has 1 aliphatic rings. The van der Waals surface area contributed by atoms with Gasteiger partial charge in [-0.1, -0.05) is 33.1 Å². The molecule has 0 spiro atoms. The molecule has 5 heteroatoms. The summed E-state index contributed by atoms with van der Waals surface area (Å²) < 4.78 is 1.37. The predicted molar refractivity (Wildman–Crippen MR) is 90.5 cm³/mol. The molecule has 1 heterocycles. The molecular formula is C16H19Br2NO2. The Morgan fingerprint density at radius 1 is 1.05 bits per heavy atom. The molecule has 0 aromatic heterocycles. The Balaban J connectivity index is 2.25. The molecule has 1 atom stereocenters. The van der Waals surface area contributed by atoms with Gasteiger partial charge in [-0.15, -0.1) is 0 Å². The molecule has 114 valence electrons. The van der Waals surface area contributed by atoms with E-state index < -0.39 is 0 Å². The molecule has 0 saturated heterocycles. The van der Waals surface area contributed by atoms with E-state index in [1.165, 1.54) is 4.90 Å². The van der Waals surface area contributed by atoms with Crippen molar-refractivity contribution in [2.24, 2.45) is 5.92 Å². The highest BCUT2D eigenvalue weighted by molar-refractivity contribution is 9.11. The Labute approximate surface area is 142 Å². The standard InChI is InChI=1S/C16H19Br2NO2/c1-3-5-6-10(4-2)9-19-15(20)13-11(17)7-8-12(18)14(13)16(19)21/h7-8,10H,3-6,9H2,1-2H3. The van der Waals surface area contributed by atoms with E-state index >= 15 is 0 Å². The van der Waals surface area contributed by atoms with Gasteiger partial charge in [-0.2, -0.15) is 0 Å². The Hall–Kier alpha value is -0.680. The summed E-state index contributed by atoms with van der Waals surface area (Å²) in [6.07, 6.45) is 4.31. The molecule has 2 amide bonds. The second kappa shape index (κ2) is 7.05. The van der Waals surface area contributed by atoms with Crippen molar-refractivity contribution in [2.45, 2.75) is 39.5 Å². The normalized spacial score (nSPS) is 15.5. The molecule has 1 aromatic rings. The van der Waals surface area contributed by atoms with Crippen molar-refractivity contribution in [3.05, 3.63) is 32.2 Å². The van der Waals surface area contributed by atoms with Crippen LogP contribution in [0.3, 0.4) is 0 Å². The van der Waals surface area contributed by atoms with Crippen LogP contribution in [0, 0.1) is 5.92 Å². The number of hydrogen-bond donors (Lipinski definition) is 0. The first-order valence-electron chi connectivity index (χ1n) is 7.35. The van der Waals surface area contributed by atoms with Crippen LogP contribution in [0.15, 0.2) is 21.1 Å². The predicted octanol–water partition coefficient (Wildman–Crippen LogP) is 5.02. The maximum atomic E-state index is 12.6. The van der Waals surface area contributed by atoms with Crippen molar-refractivity contribution in [1.82, 2.24) is 4.90 Å². The topological polar surface area (TPSA) is 37.4 Å². The number of rotatable bonds is 6. The minimum atomic E-state index is -0.182. The highest BCUT2D eigenvalue weighted by Gasteiger charge is 2.39. The summed E-state index contributed by atoms with van der Waals surface area (Å²) in [5, 5.41) is 0. The summed E-state index contributed by atoms with van der Waals surface area (Å²) in [6.45, 7) is 4.79. The van der Waals surface area contributed by atoms with E-state index in [0.29, 0.717) is 32.5 Å². The SMILES string of the molecule is CCCCC(CC)CN1C(=O)c2c(Br)ccc(Br)c2C1=O. The average Bonchev–Trinajstić information content (AvgIpc) is 2.72. The summed E-state index contributed by atoms with van der Waals surface area (Å²) in [4.78, 5) is 26.5. The average molecular weight is 417 g/mol. The molecule has 21 heavy (non-hydrogen) atoms. The fraction of sp³-hybridized carbons (Fsp3) is 0.500. The molecule has 0 N–H and O–H groups in total. The van der Waals surface area contributed by atoms with Gasteiger partial charge in [-0.3, -0.25) is 14.5 Å². The Bertz CT molecular complexity index is 531. The second-order valence-corrected chi connectivity index (χ2v) is 7.13. The summed E-state index contributed by atoms with van der Waals surface area (Å²) in [6, 6.07) is 3.60. The molecule has 0 bridgehead atoms. The molecule has 0 fully saturated rings. The van der Waals surface area contributed by atoms with Crippen molar-refractivity contribution in [3.8, 4) is 0 Å². The van der Waals surface area contributed by atoms with Crippen LogP contribution in [-0.4, -0.2) is 23.3 Å². The molecule has 1 unspecified atom stereocenters. The first-order chi connectivity index (χ1) is 10.0. The third kappa shape index (κ3) is 3.24. The van der Waals surface area contributed by atoms with Crippen LogP contribution in [0.4, 0.5) is 0 Å². The summed E-state index contributed by atoms with van der Waals surface area (Å²) in [5.41, 5.74) is 0.972. The number of unbranched alkanes of at least 4 members (excludes halogenated alkanes) is 1. The van der Waals surface area contributed by atoms with Gasteiger partial charge in [0.2, 0.25) is 0 Å². The fourth-order valence-electron chi connectivity index (χ4n) is 2.67. The molecule has 0 radical (unpaired) electrons. The number of nitrogens with zero attached hydrogens (tertiary/aromatic N) is 1. The zero-order chi connectivity index (χ0) is 15.6. The summed E-state index contributed by atoms with van der Waals surface area (Å²) in [5.74, 6) is 0.0148. The van der Waals surface area contributed by atoms with Crippen molar-refractivity contribution in [1.29, 1.82) is 0 Å². The monoisotopic (exact) mass is 415 g/mol. The number of halogens is 2. The van der Waals surface area contributed by atoms with Gasteiger partial charge in [0.15, 0.2) is 0 Å². The van der Waals surface area contributed by atoms with E-state index in [0.717, 1.165) is 25.7 Å². The highest BCUT2D eigenvalue weighted by atomic mass is 79.9. The van der Waals surface area contributed by atoms with Crippen molar-refractivity contribution in [2.75, 3.05) is 6.54 Å². The molecule has 1 aliphatic heterocycles. The molecule has 0 saturated carbocycles. The molecule has 2 rings (SSSR count). The van der Waals surface area contributed by atoms with E-state index in [4.69, 9.17) is 0 Å². The summed E-state index contributed by atoms with van der Waals surface area (Å²) in [7, 11) is 0. The minimum absolute atomic E-state index is 0.182. The lowest BCUT2D eigenvalue weighted by atomic mass is 9.99. The maximum absolute atomic E-state index is 12.6. The Kier molecular flexibility index (Phi) is 5.60. The number of carbonyl (C=O) groups is 2. The van der Waals surface area contributed by atoms with Crippen LogP contribution in [0.2, 0.25) is 0 Å². The van der Waals surface area contributed by atoms with Crippen LogP contribution in [0.25, 0.3) is 0 Å². The number of carbonyl (C=O) groups excluding carboxylic acids is 2. The van der Waals surface area contributed by atoms with Gasteiger partial charge in [0.25, 0.3) is 11.8 Å². The van der Waals surface area contributed by atoms with Crippen LogP contribution < -0.4 is 0 Å². The van der Waals surface area contributed by atoms with Gasteiger partial charge in [-0.25, -0.2) is 0 Å². The number of imide groups is 1. The molecule has 3 nitrogen and oxygen atoms in total. The number of amides is 2. The van der Waals surface area contributed by atoms with Gasteiger partial charge >= 0.3 is 0 Å². The van der Waals surface area contributed by atoms with Crippen LogP contribution in [0.5, 0.6) is 0 Å². The Morgan fingerprint density at radius 3 is 2.00 bits per heavy atom. The van der Waals surface area contributed by atoms with E-state index in [-0.39, 0.29) is 11.8 Å². The van der Waals surface area contributed by atoms with Crippen LogP contribution in [-0.2, 0) is 0 Å². The van der Waals surface area contributed by atoms with Gasteiger partial charge < -0.3 is 0 Å². The van der Waals surface area contributed by atoms with Crippen molar-refractivity contribution < 1.29 is 9.59 Å². The highest BCUT2D eigenvalue weighted by Crippen LogP contribution is 2.35. The van der Waals surface area contributed by atoms with Crippen LogP contribution in [0.1, 0.15) is 60.2 Å². The van der Waals surface area contributed by atoms with Crippen molar-refractivity contribution in [3.63, 3.8) is 0 Å². The third-order valence-electron chi connectivity index (χ3n) is 4.01. The van der Waals surface area contributed by atoms with Gasteiger partial charge in [0, 0.05) is 15.5 Å². The zero-order valence-corrected chi connectivity index (χ0v) is 15.5. The van der Waals surface area contributed by atoms with Gasteiger partial charge in [-0.05, 0) is 56.3 Å². The molecule has 1 aromatic carbocycles. The fourth-order valence-corrected chi connectivity index (χ4v) is 3.67. The lowest BCUT2D eigenvalue weighted by molar-refractivity contribution is 0.0623. The lowest BCUT2D eigenvalue weighted by Gasteiger charge is -2.21. The lowest BCUT2D eigenvalue weighted by Crippen LogP contribution is -2.34. The number of hydrogen-bond acceptors (Lipinski definition) is 2.